The van der Waals surface area contributed by atoms with Crippen LogP contribution >= 0.6 is 0 Å². The minimum atomic E-state index is -0.610. The minimum absolute atomic E-state index is 0.321. The summed E-state index contributed by atoms with van der Waals surface area (Å²) in [4.78, 5) is 2.46. The van der Waals surface area contributed by atoms with Gasteiger partial charge in [0.1, 0.15) is 0 Å². The van der Waals surface area contributed by atoms with E-state index in [0.717, 1.165) is 25.7 Å². The first-order valence-electron chi connectivity index (χ1n) is 6.98. The van der Waals surface area contributed by atoms with E-state index in [9.17, 15) is 5.11 Å². The van der Waals surface area contributed by atoms with Crippen LogP contribution < -0.4 is 5.73 Å². The van der Waals surface area contributed by atoms with Crippen molar-refractivity contribution in [3.05, 3.63) is 0 Å². The summed E-state index contributed by atoms with van der Waals surface area (Å²) < 4.78 is 0. The molecule has 98 valence electrons. The second-order valence-electron chi connectivity index (χ2n) is 7.66. The first-order valence-corrected chi connectivity index (χ1v) is 6.98. The van der Waals surface area contributed by atoms with Gasteiger partial charge in [0.2, 0.25) is 0 Å². The average Bonchev–Trinajstić information content (AvgIpc) is 2.41. The van der Waals surface area contributed by atoms with E-state index in [-0.39, 0.29) is 5.54 Å². The summed E-state index contributed by atoms with van der Waals surface area (Å²) in [7, 11) is 2.20. The van der Waals surface area contributed by atoms with Crippen molar-refractivity contribution >= 4 is 0 Å². The van der Waals surface area contributed by atoms with Crippen LogP contribution in [0, 0.1) is 5.41 Å². The highest BCUT2D eigenvalue weighted by molar-refractivity contribution is 5.18. The summed E-state index contributed by atoms with van der Waals surface area (Å²) in [5.41, 5.74) is 5.91. The molecule has 2 aliphatic heterocycles. The Labute approximate surface area is 104 Å². The Morgan fingerprint density at radius 1 is 1.12 bits per heavy atom. The van der Waals surface area contributed by atoms with Crippen molar-refractivity contribution in [1.82, 2.24) is 4.90 Å². The maximum Gasteiger partial charge on any atom is 0.0856 e. The molecule has 2 bridgehead atoms. The summed E-state index contributed by atoms with van der Waals surface area (Å²) in [6.07, 6.45) is 6.18. The molecule has 0 radical (unpaired) electrons. The first-order chi connectivity index (χ1) is 7.75. The van der Waals surface area contributed by atoms with Gasteiger partial charge in [-0.2, -0.15) is 0 Å². The third-order valence-electron chi connectivity index (χ3n) is 5.65. The Balaban J connectivity index is 1.80. The molecule has 3 heteroatoms. The quantitative estimate of drug-likeness (QED) is 0.728. The first kappa shape index (κ1) is 11.9. The van der Waals surface area contributed by atoms with Crippen LogP contribution in [0.1, 0.15) is 52.4 Å². The molecule has 2 unspecified atom stereocenters. The molecule has 0 amide bonds. The van der Waals surface area contributed by atoms with Crippen LogP contribution in [-0.4, -0.2) is 40.3 Å². The number of hydrogen-bond acceptors (Lipinski definition) is 3. The molecule has 17 heavy (non-hydrogen) atoms. The summed E-state index contributed by atoms with van der Waals surface area (Å²) in [5, 5.41) is 11.0. The van der Waals surface area contributed by atoms with Crippen LogP contribution in [0.5, 0.6) is 0 Å². The monoisotopic (exact) mass is 238 g/mol. The fourth-order valence-corrected chi connectivity index (χ4v) is 4.84. The molecule has 0 spiro atoms. The van der Waals surface area contributed by atoms with Crippen molar-refractivity contribution in [1.29, 1.82) is 0 Å². The maximum absolute atomic E-state index is 11.0. The topological polar surface area (TPSA) is 49.5 Å². The predicted molar refractivity (Wildman–Crippen MR) is 68.7 cm³/mol. The molecule has 3 nitrogen and oxygen atoms in total. The average molecular weight is 238 g/mol. The molecule has 0 aromatic rings. The van der Waals surface area contributed by atoms with E-state index >= 15 is 0 Å². The maximum atomic E-state index is 11.0. The lowest BCUT2D eigenvalue weighted by Gasteiger charge is -2.61. The molecule has 3 aliphatic rings. The van der Waals surface area contributed by atoms with Gasteiger partial charge in [-0.3, -0.25) is 0 Å². The van der Waals surface area contributed by atoms with Crippen LogP contribution in [0.3, 0.4) is 0 Å². The number of hydrogen-bond donors (Lipinski definition) is 2. The largest absolute Gasteiger partial charge is 0.388 e. The zero-order chi connectivity index (χ0) is 12.5. The van der Waals surface area contributed by atoms with Crippen LogP contribution in [0.2, 0.25) is 0 Å². The highest BCUT2D eigenvalue weighted by Crippen LogP contribution is 2.56. The number of nitrogens with two attached hydrogens (primary N) is 1. The summed E-state index contributed by atoms with van der Waals surface area (Å²) in [6, 6.07) is 1.12. The highest BCUT2D eigenvalue weighted by Gasteiger charge is 2.62. The minimum Gasteiger partial charge on any atom is -0.388 e. The van der Waals surface area contributed by atoms with E-state index in [4.69, 9.17) is 5.73 Å². The number of nitrogens with zero attached hydrogens (tertiary/aromatic N) is 1. The Bertz CT molecular complexity index is 317. The van der Waals surface area contributed by atoms with Crippen molar-refractivity contribution in [3.63, 3.8) is 0 Å². The lowest BCUT2D eigenvalue weighted by atomic mass is 9.51. The molecule has 3 fully saturated rings. The van der Waals surface area contributed by atoms with Crippen molar-refractivity contribution in [2.45, 2.75) is 75.6 Å². The Kier molecular flexibility index (Phi) is 2.28. The van der Waals surface area contributed by atoms with Gasteiger partial charge < -0.3 is 15.7 Å². The van der Waals surface area contributed by atoms with Gasteiger partial charge in [-0.1, -0.05) is 13.8 Å². The van der Waals surface area contributed by atoms with Gasteiger partial charge in [0.05, 0.1) is 5.60 Å². The lowest BCUT2D eigenvalue weighted by Crippen LogP contribution is -2.72. The molecule has 0 aromatic carbocycles. The second-order valence-corrected chi connectivity index (χ2v) is 7.66. The van der Waals surface area contributed by atoms with Crippen molar-refractivity contribution in [3.8, 4) is 0 Å². The Hall–Kier alpha value is -0.120. The lowest BCUT2D eigenvalue weighted by molar-refractivity contribution is -0.154. The summed E-state index contributed by atoms with van der Waals surface area (Å²) in [6.45, 7) is 4.51. The van der Waals surface area contributed by atoms with Gasteiger partial charge in [0.15, 0.2) is 0 Å². The number of rotatable bonds is 1. The van der Waals surface area contributed by atoms with Gasteiger partial charge in [-0.05, 0) is 51.0 Å². The van der Waals surface area contributed by atoms with Crippen LogP contribution in [0.4, 0.5) is 0 Å². The Morgan fingerprint density at radius 2 is 1.59 bits per heavy atom. The molecule has 1 saturated carbocycles. The van der Waals surface area contributed by atoms with Gasteiger partial charge in [0, 0.05) is 17.6 Å². The van der Waals surface area contributed by atoms with Gasteiger partial charge in [-0.15, -0.1) is 0 Å². The Morgan fingerprint density at radius 3 is 2.00 bits per heavy atom. The second kappa shape index (κ2) is 3.25. The van der Waals surface area contributed by atoms with E-state index in [1.807, 2.05) is 0 Å². The number of piperidine rings is 1. The number of fused-ring (bicyclic) bond motifs is 2. The van der Waals surface area contributed by atoms with Crippen LogP contribution in [-0.2, 0) is 0 Å². The molecule has 3 rings (SSSR count). The summed E-state index contributed by atoms with van der Waals surface area (Å²) in [5.74, 6) is 0. The molecule has 2 saturated heterocycles. The van der Waals surface area contributed by atoms with E-state index in [1.165, 1.54) is 12.8 Å². The van der Waals surface area contributed by atoms with E-state index in [1.54, 1.807) is 0 Å². The van der Waals surface area contributed by atoms with Gasteiger partial charge in [-0.25, -0.2) is 0 Å². The fraction of sp³-hybridized carbons (Fsp3) is 1.00. The fourth-order valence-electron chi connectivity index (χ4n) is 4.84. The van der Waals surface area contributed by atoms with Crippen molar-refractivity contribution in [2.75, 3.05) is 7.05 Å². The van der Waals surface area contributed by atoms with Gasteiger partial charge >= 0.3 is 0 Å². The molecule has 2 heterocycles. The highest BCUT2D eigenvalue weighted by atomic mass is 16.3. The molecular formula is C14H26N2O. The number of aliphatic hydroxyl groups is 1. The molecule has 2 atom stereocenters. The predicted octanol–water partition coefficient (Wildman–Crippen LogP) is 1.49. The summed E-state index contributed by atoms with van der Waals surface area (Å²) >= 11 is 0. The molecule has 1 aliphatic carbocycles. The van der Waals surface area contributed by atoms with E-state index in [0.29, 0.717) is 17.5 Å². The smallest absolute Gasteiger partial charge is 0.0856 e. The zero-order valence-corrected chi connectivity index (χ0v) is 11.4. The third-order valence-corrected chi connectivity index (χ3v) is 5.65. The molecule has 0 aromatic heterocycles. The normalized spacial score (nSPS) is 47.8. The standard InChI is InChI=1S/C14H26N2O/c1-12(2)8-13(15,9-12)14(17)6-10-4-5-11(7-14)16(10)3/h10-11,17H,4-9,15H2,1-3H3. The van der Waals surface area contributed by atoms with Gasteiger partial charge in [0.25, 0.3) is 0 Å². The van der Waals surface area contributed by atoms with Crippen LogP contribution in [0.15, 0.2) is 0 Å². The van der Waals surface area contributed by atoms with Crippen molar-refractivity contribution in [2.24, 2.45) is 11.1 Å². The third kappa shape index (κ3) is 1.59. The molecular weight excluding hydrogens is 212 g/mol. The van der Waals surface area contributed by atoms with Crippen LogP contribution in [0.25, 0.3) is 0 Å². The van der Waals surface area contributed by atoms with Crippen molar-refractivity contribution < 1.29 is 5.11 Å². The molecule has 3 N–H and O–H groups in total. The van der Waals surface area contributed by atoms with E-state index in [2.05, 4.69) is 25.8 Å². The SMILES string of the molecule is CN1C2CCC1CC(O)(C1(N)CC(C)(C)C1)C2. The van der Waals surface area contributed by atoms with E-state index < -0.39 is 5.60 Å². The zero-order valence-electron chi connectivity index (χ0n) is 11.4.